The van der Waals surface area contributed by atoms with E-state index in [2.05, 4.69) is 30.2 Å². The molecule has 0 saturated carbocycles. The topological polar surface area (TPSA) is 28.5 Å². The van der Waals surface area contributed by atoms with Crippen molar-refractivity contribution in [2.75, 3.05) is 31.1 Å². The highest BCUT2D eigenvalue weighted by atomic mass is 19.1. The molecule has 134 valence electrons. The Labute approximate surface area is 148 Å². The maximum absolute atomic E-state index is 13.1. The summed E-state index contributed by atoms with van der Waals surface area (Å²) in [6.45, 7) is 9.42. The van der Waals surface area contributed by atoms with Crippen molar-refractivity contribution < 1.29 is 9.18 Å². The van der Waals surface area contributed by atoms with Crippen LogP contribution >= 0.6 is 0 Å². The van der Waals surface area contributed by atoms with Crippen LogP contribution < -0.4 is 4.90 Å². The number of halogens is 1. The van der Waals surface area contributed by atoms with E-state index in [1.54, 1.807) is 12.1 Å². The van der Waals surface area contributed by atoms with Crippen LogP contribution in [0.4, 0.5) is 10.1 Å². The van der Waals surface area contributed by atoms with Gasteiger partial charge in [0.15, 0.2) is 0 Å². The lowest BCUT2D eigenvalue weighted by molar-refractivity contribution is 0.0767. The molecule has 0 spiro atoms. The standard InChI is InChI=1S/C20H26FN3O/c1-20(2,3)24-12-9-16(15-24)19(25)23-11-4-10-22(13-14-23)18-7-5-17(21)6-8-18/h5-9,12,15H,4,10-11,13-14H2,1-3H3. The van der Waals surface area contributed by atoms with E-state index in [-0.39, 0.29) is 17.3 Å². The van der Waals surface area contributed by atoms with Crippen molar-refractivity contribution in [1.82, 2.24) is 9.47 Å². The smallest absolute Gasteiger partial charge is 0.255 e. The molecule has 1 aliphatic rings. The van der Waals surface area contributed by atoms with Gasteiger partial charge in [-0.3, -0.25) is 4.79 Å². The number of hydrogen-bond acceptors (Lipinski definition) is 2. The van der Waals surface area contributed by atoms with Crippen LogP contribution in [0.2, 0.25) is 0 Å². The summed E-state index contributed by atoms with van der Waals surface area (Å²) in [5.41, 5.74) is 1.72. The summed E-state index contributed by atoms with van der Waals surface area (Å²) < 4.78 is 15.2. The number of benzene rings is 1. The molecule has 1 aromatic heterocycles. The van der Waals surface area contributed by atoms with Gasteiger partial charge >= 0.3 is 0 Å². The number of anilines is 1. The number of rotatable bonds is 2. The molecule has 1 amide bonds. The Morgan fingerprint density at radius 3 is 2.36 bits per heavy atom. The Hall–Kier alpha value is -2.30. The minimum Gasteiger partial charge on any atom is -0.370 e. The van der Waals surface area contributed by atoms with Crippen LogP contribution in [0, 0.1) is 5.82 Å². The quantitative estimate of drug-likeness (QED) is 0.831. The first kappa shape index (κ1) is 17.5. The van der Waals surface area contributed by atoms with Crippen molar-refractivity contribution in [3.8, 4) is 0 Å². The van der Waals surface area contributed by atoms with Gasteiger partial charge in [0.25, 0.3) is 5.91 Å². The largest absolute Gasteiger partial charge is 0.370 e. The van der Waals surface area contributed by atoms with E-state index in [1.165, 1.54) is 12.1 Å². The van der Waals surface area contributed by atoms with Crippen LogP contribution in [0.25, 0.3) is 0 Å². The fourth-order valence-electron chi connectivity index (χ4n) is 3.15. The molecule has 1 fully saturated rings. The van der Waals surface area contributed by atoms with Gasteiger partial charge in [0.2, 0.25) is 0 Å². The minimum atomic E-state index is -0.223. The van der Waals surface area contributed by atoms with Gasteiger partial charge in [-0.05, 0) is 57.5 Å². The Kier molecular flexibility index (Phi) is 4.84. The number of carbonyl (C=O) groups is 1. The highest BCUT2D eigenvalue weighted by molar-refractivity contribution is 5.94. The number of aromatic nitrogens is 1. The van der Waals surface area contributed by atoms with Crippen molar-refractivity contribution in [2.45, 2.75) is 32.7 Å². The molecule has 1 aromatic carbocycles. The Bertz CT molecular complexity index is 730. The van der Waals surface area contributed by atoms with E-state index in [0.29, 0.717) is 6.54 Å². The van der Waals surface area contributed by atoms with Gasteiger partial charge in [-0.1, -0.05) is 0 Å². The zero-order chi connectivity index (χ0) is 18.0. The molecule has 0 aliphatic carbocycles. The predicted octanol–water partition coefficient (Wildman–Crippen LogP) is 3.73. The summed E-state index contributed by atoms with van der Waals surface area (Å²) in [6.07, 6.45) is 4.81. The van der Waals surface area contributed by atoms with Crippen LogP contribution in [0.3, 0.4) is 0 Å². The van der Waals surface area contributed by atoms with Crippen molar-refractivity contribution >= 4 is 11.6 Å². The third-order valence-electron chi connectivity index (χ3n) is 4.69. The SMILES string of the molecule is CC(C)(C)n1ccc(C(=O)N2CCCN(c3ccc(F)cc3)CC2)c1. The highest BCUT2D eigenvalue weighted by Gasteiger charge is 2.22. The van der Waals surface area contributed by atoms with Crippen molar-refractivity contribution in [3.63, 3.8) is 0 Å². The minimum absolute atomic E-state index is 0.0311. The number of carbonyl (C=O) groups excluding carboxylic acids is 1. The summed E-state index contributed by atoms with van der Waals surface area (Å²) in [4.78, 5) is 17.0. The molecule has 2 aromatic rings. The molecule has 0 N–H and O–H groups in total. The third kappa shape index (κ3) is 4.03. The van der Waals surface area contributed by atoms with Crippen LogP contribution in [-0.2, 0) is 5.54 Å². The first-order valence-corrected chi connectivity index (χ1v) is 8.83. The fourth-order valence-corrected chi connectivity index (χ4v) is 3.15. The zero-order valence-corrected chi connectivity index (χ0v) is 15.2. The van der Waals surface area contributed by atoms with Gasteiger partial charge in [-0.2, -0.15) is 0 Å². The van der Waals surface area contributed by atoms with Crippen molar-refractivity contribution in [1.29, 1.82) is 0 Å². The van der Waals surface area contributed by atoms with E-state index in [4.69, 9.17) is 0 Å². The summed E-state index contributed by atoms with van der Waals surface area (Å²) >= 11 is 0. The highest BCUT2D eigenvalue weighted by Crippen LogP contribution is 2.20. The molecule has 0 bridgehead atoms. The molecule has 1 aliphatic heterocycles. The second-order valence-corrected chi connectivity index (χ2v) is 7.59. The van der Waals surface area contributed by atoms with Gasteiger partial charge in [0, 0.05) is 49.8 Å². The molecule has 0 radical (unpaired) electrons. The summed E-state index contributed by atoms with van der Waals surface area (Å²) in [5, 5.41) is 0. The first-order chi connectivity index (χ1) is 11.8. The summed E-state index contributed by atoms with van der Waals surface area (Å²) in [5.74, 6) is -0.136. The van der Waals surface area contributed by atoms with Crippen LogP contribution in [0.1, 0.15) is 37.6 Å². The molecule has 0 unspecified atom stereocenters. The zero-order valence-electron chi connectivity index (χ0n) is 15.2. The maximum atomic E-state index is 13.1. The molecule has 4 nitrogen and oxygen atoms in total. The Morgan fingerprint density at radius 2 is 1.72 bits per heavy atom. The van der Waals surface area contributed by atoms with Gasteiger partial charge in [-0.15, -0.1) is 0 Å². The summed E-state index contributed by atoms with van der Waals surface area (Å²) in [7, 11) is 0. The monoisotopic (exact) mass is 343 g/mol. The van der Waals surface area contributed by atoms with Crippen LogP contribution in [0.15, 0.2) is 42.7 Å². The lowest BCUT2D eigenvalue weighted by Gasteiger charge is -2.24. The molecule has 0 atom stereocenters. The Balaban J connectivity index is 1.67. The van der Waals surface area contributed by atoms with E-state index in [1.807, 2.05) is 23.4 Å². The molecule has 3 rings (SSSR count). The van der Waals surface area contributed by atoms with Gasteiger partial charge in [-0.25, -0.2) is 4.39 Å². The van der Waals surface area contributed by atoms with E-state index in [0.717, 1.165) is 37.3 Å². The maximum Gasteiger partial charge on any atom is 0.255 e. The fraction of sp³-hybridized carbons (Fsp3) is 0.450. The van der Waals surface area contributed by atoms with Crippen molar-refractivity contribution in [3.05, 3.63) is 54.1 Å². The average Bonchev–Trinajstić information content (AvgIpc) is 2.95. The van der Waals surface area contributed by atoms with E-state index in [9.17, 15) is 9.18 Å². The van der Waals surface area contributed by atoms with Gasteiger partial charge in [0.05, 0.1) is 5.56 Å². The Morgan fingerprint density at radius 1 is 1.00 bits per heavy atom. The molecule has 1 saturated heterocycles. The lowest BCUT2D eigenvalue weighted by Crippen LogP contribution is -2.35. The summed E-state index contributed by atoms with van der Waals surface area (Å²) in [6, 6.07) is 8.47. The van der Waals surface area contributed by atoms with E-state index < -0.39 is 0 Å². The molecule has 5 heteroatoms. The third-order valence-corrected chi connectivity index (χ3v) is 4.69. The second-order valence-electron chi connectivity index (χ2n) is 7.59. The normalized spacial score (nSPS) is 16.0. The number of nitrogens with zero attached hydrogens (tertiary/aromatic N) is 3. The average molecular weight is 343 g/mol. The molecular formula is C20H26FN3O. The number of amides is 1. The lowest BCUT2D eigenvalue weighted by atomic mass is 10.1. The van der Waals surface area contributed by atoms with Gasteiger partial charge < -0.3 is 14.4 Å². The first-order valence-electron chi connectivity index (χ1n) is 8.83. The second kappa shape index (κ2) is 6.90. The predicted molar refractivity (Wildman–Crippen MR) is 98.6 cm³/mol. The van der Waals surface area contributed by atoms with Crippen LogP contribution in [-0.4, -0.2) is 41.6 Å². The molecule has 2 heterocycles. The van der Waals surface area contributed by atoms with E-state index >= 15 is 0 Å². The van der Waals surface area contributed by atoms with Crippen LogP contribution in [0.5, 0.6) is 0 Å². The van der Waals surface area contributed by atoms with Crippen molar-refractivity contribution in [2.24, 2.45) is 0 Å². The van der Waals surface area contributed by atoms with Gasteiger partial charge in [0.1, 0.15) is 5.82 Å². The molecule has 25 heavy (non-hydrogen) atoms. The number of hydrogen-bond donors (Lipinski definition) is 0. The molecular weight excluding hydrogens is 317 g/mol.